The topological polar surface area (TPSA) is 30.2 Å². The first-order valence-corrected chi connectivity index (χ1v) is 7.42. The summed E-state index contributed by atoms with van der Waals surface area (Å²) in [5, 5.41) is 1.23. The van der Waals surface area contributed by atoms with Gasteiger partial charge in [0, 0.05) is 23.5 Å². The fourth-order valence-corrected chi connectivity index (χ4v) is 2.18. The van der Waals surface area contributed by atoms with Crippen molar-refractivity contribution in [1.29, 1.82) is 0 Å². The molecule has 0 aliphatic carbocycles. The van der Waals surface area contributed by atoms with Crippen molar-refractivity contribution in [2.24, 2.45) is 4.99 Å². The number of nitrogens with zero attached hydrogens (tertiary/aromatic N) is 3. The predicted octanol–water partition coefficient (Wildman–Crippen LogP) is 5.34. The van der Waals surface area contributed by atoms with Crippen molar-refractivity contribution in [3.05, 3.63) is 84.9 Å². The van der Waals surface area contributed by atoms with Crippen LogP contribution < -0.4 is 0 Å². The second kappa shape index (κ2) is 7.56. The molecule has 0 aliphatic rings. The number of fused-ring (bicyclic) bond motifs is 1. The van der Waals surface area contributed by atoms with Crippen molar-refractivity contribution in [1.82, 2.24) is 9.55 Å². The number of pyridine rings is 1. The minimum absolute atomic E-state index is 0.0168. The molecule has 0 aromatic carbocycles. The first-order valence-electron chi connectivity index (χ1n) is 6.70. The maximum absolute atomic E-state index is 12.5. The van der Waals surface area contributed by atoms with Crippen molar-refractivity contribution < 1.29 is 3.89 Å². The summed E-state index contributed by atoms with van der Waals surface area (Å²) in [6, 6.07) is 3.93. The van der Waals surface area contributed by atoms with Crippen LogP contribution in [-0.4, -0.2) is 16.3 Å². The maximum atomic E-state index is 12.5. The molecular formula is C18H16FN3S. The van der Waals surface area contributed by atoms with E-state index in [0.717, 1.165) is 16.6 Å². The first-order chi connectivity index (χ1) is 11.1. The molecule has 0 spiro atoms. The summed E-state index contributed by atoms with van der Waals surface area (Å²) in [5.41, 5.74) is 2.92. The van der Waals surface area contributed by atoms with Gasteiger partial charge in [0.05, 0.1) is 11.7 Å². The average Bonchev–Trinajstić information content (AvgIpc) is 3.01. The van der Waals surface area contributed by atoms with E-state index in [0.29, 0.717) is 11.1 Å². The molecule has 5 heteroatoms. The summed E-state index contributed by atoms with van der Waals surface area (Å²) in [6.07, 6.45) is 10.5. The standard InChI is InChI=1S/C18H16FN3S/c1-13(14(2)11-18(20-4)23-19)5-6-15(3)22-10-8-16-7-9-21-12-17(16)22/h5-12H,1-4H2/b6-5-,18-11+. The molecule has 0 fully saturated rings. The zero-order valence-corrected chi connectivity index (χ0v) is 13.4. The predicted molar refractivity (Wildman–Crippen MR) is 98.8 cm³/mol. The second-order valence-corrected chi connectivity index (χ2v) is 5.29. The minimum Gasteiger partial charge on any atom is -0.316 e. The molecule has 23 heavy (non-hydrogen) atoms. The Labute approximate surface area is 139 Å². The van der Waals surface area contributed by atoms with Gasteiger partial charge in [0.25, 0.3) is 0 Å². The number of rotatable bonds is 7. The Balaban J connectivity index is 2.15. The van der Waals surface area contributed by atoms with Crippen LogP contribution in [0.2, 0.25) is 0 Å². The van der Waals surface area contributed by atoms with E-state index in [1.54, 1.807) is 18.5 Å². The number of hydrogen-bond acceptors (Lipinski definition) is 3. The minimum atomic E-state index is 0.0168. The third-order valence-corrected chi connectivity index (χ3v) is 3.63. The van der Waals surface area contributed by atoms with Gasteiger partial charge in [-0.05, 0) is 42.1 Å². The smallest absolute Gasteiger partial charge is 0.129 e. The third kappa shape index (κ3) is 3.96. The van der Waals surface area contributed by atoms with Crippen molar-refractivity contribution in [3.8, 4) is 0 Å². The number of halogens is 1. The Kier molecular flexibility index (Phi) is 5.49. The van der Waals surface area contributed by atoms with Gasteiger partial charge in [0.2, 0.25) is 0 Å². The number of aromatic nitrogens is 2. The van der Waals surface area contributed by atoms with Gasteiger partial charge in [0.1, 0.15) is 17.2 Å². The highest BCUT2D eigenvalue weighted by Gasteiger charge is 2.02. The summed E-state index contributed by atoms with van der Waals surface area (Å²) in [4.78, 5) is 7.67. The van der Waals surface area contributed by atoms with Gasteiger partial charge in [-0.25, -0.2) is 0 Å². The molecule has 0 unspecified atom stereocenters. The molecular weight excluding hydrogens is 309 g/mol. The summed E-state index contributed by atoms with van der Waals surface area (Å²) in [6.45, 7) is 15.1. The Hall–Kier alpha value is -2.66. The monoisotopic (exact) mass is 325 g/mol. The van der Waals surface area contributed by atoms with E-state index in [1.807, 2.05) is 29.0 Å². The van der Waals surface area contributed by atoms with Crippen molar-refractivity contribution in [2.75, 3.05) is 0 Å². The van der Waals surface area contributed by atoms with Crippen LogP contribution >= 0.6 is 12.1 Å². The van der Waals surface area contributed by atoms with Crippen molar-refractivity contribution >= 4 is 35.5 Å². The molecule has 2 rings (SSSR count). The van der Waals surface area contributed by atoms with E-state index in [-0.39, 0.29) is 17.2 Å². The molecule has 2 aromatic heterocycles. The summed E-state index contributed by atoms with van der Waals surface area (Å²) >= 11 is 0.0168. The van der Waals surface area contributed by atoms with E-state index in [9.17, 15) is 3.89 Å². The van der Waals surface area contributed by atoms with Crippen LogP contribution in [0.3, 0.4) is 0 Å². The SMILES string of the molecule is C=N/C(=C\C(=C)C(=C)/C=C\C(=C)n1ccc2ccncc21)SF. The molecule has 0 saturated heterocycles. The Bertz CT molecular complexity index is 843. The maximum Gasteiger partial charge on any atom is 0.129 e. The van der Waals surface area contributed by atoms with Crippen LogP contribution in [0, 0.1) is 0 Å². The quantitative estimate of drug-likeness (QED) is 0.508. The lowest BCUT2D eigenvalue weighted by Gasteiger charge is -2.05. The molecule has 0 bridgehead atoms. The normalized spacial score (nSPS) is 11.8. The van der Waals surface area contributed by atoms with Crippen LogP contribution in [-0.2, 0) is 0 Å². The molecule has 3 nitrogen and oxygen atoms in total. The Morgan fingerprint density at radius 1 is 1.22 bits per heavy atom. The van der Waals surface area contributed by atoms with E-state index in [1.165, 1.54) is 6.08 Å². The summed E-state index contributed by atoms with van der Waals surface area (Å²) in [5.74, 6) is 0. The highest BCUT2D eigenvalue weighted by Crippen LogP contribution is 2.22. The Morgan fingerprint density at radius 2 is 2.00 bits per heavy atom. The molecule has 2 heterocycles. The summed E-state index contributed by atoms with van der Waals surface area (Å²) < 4.78 is 14.5. The number of aliphatic imine (C=N–C) groups is 1. The lowest BCUT2D eigenvalue weighted by atomic mass is 10.1. The summed E-state index contributed by atoms with van der Waals surface area (Å²) in [7, 11) is 0. The average molecular weight is 325 g/mol. The zero-order chi connectivity index (χ0) is 16.8. The van der Waals surface area contributed by atoms with E-state index >= 15 is 0 Å². The number of hydrogen-bond donors (Lipinski definition) is 0. The molecule has 0 atom stereocenters. The number of allylic oxidation sites excluding steroid dienone is 6. The van der Waals surface area contributed by atoms with Gasteiger partial charge in [0.15, 0.2) is 0 Å². The Morgan fingerprint density at radius 3 is 2.70 bits per heavy atom. The van der Waals surface area contributed by atoms with Crippen LogP contribution in [0.25, 0.3) is 16.6 Å². The van der Waals surface area contributed by atoms with E-state index in [4.69, 9.17) is 0 Å². The zero-order valence-electron chi connectivity index (χ0n) is 12.6. The van der Waals surface area contributed by atoms with Gasteiger partial charge in [-0.1, -0.05) is 25.8 Å². The molecule has 0 N–H and O–H groups in total. The largest absolute Gasteiger partial charge is 0.316 e. The van der Waals surface area contributed by atoms with Gasteiger partial charge >= 0.3 is 0 Å². The van der Waals surface area contributed by atoms with Crippen LogP contribution in [0.15, 0.2) is 89.9 Å². The van der Waals surface area contributed by atoms with Gasteiger partial charge in [-0.15, -0.1) is 0 Å². The molecule has 116 valence electrons. The van der Waals surface area contributed by atoms with Gasteiger partial charge < -0.3 is 4.57 Å². The van der Waals surface area contributed by atoms with E-state index in [2.05, 4.69) is 36.4 Å². The molecule has 0 saturated carbocycles. The first kappa shape index (κ1) is 16.7. The van der Waals surface area contributed by atoms with Crippen LogP contribution in [0.5, 0.6) is 0 Å². The molecule has 0 aliphatic heterocycles. The lowest BCUT2D eigenvalue weighted by Crippen LogP contribution is -1.91. The van der Waals surface area contributed by atoms with Crippen molar-refractivity contribution in [2.45, 2.75) is 0 Å². The molecule has 2 aromatic rings. The van der Waals surface area contributed by atoms with E-state index < -0.39 is 0 Å². The van der Waals surface area contributed by atoms with Gasteiger partial charge in [-0.2, -0.15) is 3.89 Å². The highest BCUT2D eigenvalue weighted by atomic mass is 32.2. The molecule has 0 radical (unpaired) electrons. The van der Waals surface area contributed by atoms with Crippen LogP contribution in [0.4, 0.5) is 3.89 Å². The fourth-order valence-electron chi connectivity index (χ4n) is 1.94. The van der Waals surface area contributed by atoms with Crippen molar-refractivity contribution in [3.63, 3.8) is 0 Å². The highest BCUT2D eigenvalue weighted by molar-refractivity contribution is 7.98. The second-order valence-electron chi connectivity index (χ2n) is 4.71. The lowest BCUT2D eigenvalue weighted by molar-refractivity contribution is 0.942. The van der Waals surface area contributed by atoms with Gasteiger partial charge in [-0.3, -0.25) is 9.98 Å². The third-order valence-electron chi connectivity index (χ3n) is 3.23. The molecule has 0 amide bonds. The van der Waals surface area contributed by atoms with Crippen LogP contribution in [0.1, 0.15) is 0 Å². The fraction of sp³-hybridized carbons (Fsp3) is 0.